The van der Waals surface area contributed by atoms with Crippen molar-refractivity contribution in [3.05, 3.63) is 101 Å². The number of hydrogen-bond acceptors (Lipinski definition) is 2. The van der Waals surface area contributed by atoms with Crippen LogP contribution in [0.1, 0.15) is 15.9 Å². The number of carboxylic acid groups (broad SMARTS) is 1. The molecule has 4 aromatic rings. The van der Waals surface area contributed by atoms with Gasteiger partial charge in [0.05, 0.1) is 23.5 Å². The molecule has 0 spiro atoms. The number of aromatic carboxylic acids is 1. The monoisotopic (exact) mass is 388 g/mol. The minimum Gasteiger partial charge on any atom is -0.478 e. The van der Waals surface area contributed by atoms with Gasteiger partial charge in [-0.2, -0.15) is 5.10 Å². The molecule has 0 saturated carbocycles. The second-order valence-corrected chi connectivity index (χ2v) is 6.88. The Morgan fingerprint density at radius 3 is 2.18 bits per heavy atom. The second-order valence-electron chi connectivity index (χ2n) is 6.45. The summed E-state index contributed by atoms with van der Waals surface area (Å²) in [5, 5.41) is 14.6. The molecule has 1 heterocycles. The third kappa shape index (κ3) is 3.82. The normalized spacial score (nSPS) is 10.8. The van der Waals surface area contributed by atoms with Gasteiger partial charge >= 0.3 is 5.97 Å². The summed E-state index contributed by atoms with van der Waals surface area (Å²) in [6, 6.07) is 26.6. The number of hydrogen-bond donors (Lipinski definition) is 1. The highest BCUT2D eigenvalue weighted by molar-refractivity contribution is 6.30. The van der Waals surface area contributed by atoms with Gasteiger partial charge in [-0.1, -0.05) is 66.2 Å². The zero-order valence-electron chi connectivity index (χ0n) is 14.9. The lowest BCUT2D eigenvalue weighted by atomic mass is 10.1. The summed E-state index contributed by atoms with van der Waals surface area (Å²) in [5.74, 6) is -0.942. The van der Waals surface area contributed by atoms with Crippen molar-refractivity contribution in [1.82, 2.24) is 9.78 Å². The average molecular weight is 389 g/mol. The highest BCUT2D eigenvalue weighted by Gasteiger charge is 2.13. The lowest BCUT2D eigenvalue weighted by molar-refractivity contribution is 0.0697. The van der Waals surface area contributed by atoms with Crippen molar-refractivity contribution in [1.29, 1.82) is 0 Å². The Kier molecular flexibility index (Phi) is 4.96. The van der Waals surface area contributed by atoms with E-state index in [4.69, 9.17) is 21.8 Å². The summed E-state index contributed by atoms with van der Waals surface area (Å²) >= 11 is 6.04. The molecular formula is C23H17ClN2O2. The van der Waals surface area contributed by atoms with Gasteiger partial charge in [-0.05, 0) is 41.5 Å². The SMILES string of the molecule is O=C(O)c1ccc(-c2cc(-c3ccc(Cl)cc3)n(Cc3ccccc3)n2)cc1. The topological polar surface area (TPSA) is 55.1 Å². The van der Waals surface area contributed by atoms with Crippen LogP contribution in [0.5, 0.6) is 0 Å². The molecule has 0 aliphatic carbocycles. The first-order chi connectivity index (χ1) is 13.6. The quantitative estimate of drug-likeness (QED) is 0.483. The fourth-order valence-electron chi connectivity index (χ4n) is 3.07. The third-order valence-electron chi connectivity index (χ3n) is 4.52. The number of carboxylic acids is 1. The van der Waals surface area contributed by atoms with Gasteiger partial charge in [-0.25, -0.2) is 4.79 Å². The molecule has 0 amide bonds. The lowest BCUT2D eigenvalue weighted by Crippen LogP contribution is -2.03. The number of halogens is 1. The van der Waals surface area contributed by atoms with Gasteiger partial charge in [0.1, 0.15) is 0 Å². The lowest BCUT2D eigenvalue weighted by Gasteiger charge is -2.08. The van der Waals surface area contributed by atoms with E-state index in [0.717, 1.165) is 28.1 Å². The van der Waals surface area contributed by atoms with Gasteiger partial charge in [-0.15, -0.1) is 0 Å². The van der Waals surface area contributed by atoms with E-state index in [1.54, 1.807) is 24.3 Å². The molecule has 0 radical (unpaired) electrons. The molecule has 0 atom stereocenters. The predicted molar refractivity (Wildman–Crippen MR) is 111 cm³/mol. The molecule has 0 bridgehead atoms. The smallest absolute Gasteiger partial charge is 0.335 e. The molecule has 0 unspecified atom stereocenters. The minimum atomic E-state index is -0.942. The molecule has 0 saturated heterocycles. The highest BCUT2D eigenvalue weighted by atomic mass is 35.5. The Balaban J connectivity index is 1.76. The molecule has 0 aliphatic heterocycles. The summed E-state index contributed by atoms with van der Waals surface area (Å²) in [6.07, 6.45) is 0. The van der Waals surface area contributed by atoms with Gasteiger partial charge in [0.25, 0.3) is 0 Å². The number of benzene rings is 3. The van der Waals surface area contributed by atoms with E-state index in [1.807, 2.05) is 53.2 Å². The zero-order chi connectivity index (χ0) is 19.5. The fourth-order valence-corrected chi connectivity index (χ4v) is 3.20. The maximum Gasteiger partial charge on any atom is 0.335 e. The molecule has 1 aromatic heterocycles. The van der Waals surface area contributed by atoms with Crippen molar-refractivity contribution >= 4 is 17.6 Å². The Morgan fingerprint density at radius 1 is 0.893 bits per heavy atom. The van der Waals surface area contributed by atoms with Crippen LogP contribution in [0, 0.1) is 0 Å². The largest absolute Gasteiger partial charge is 0.478 e. The van der Waals surface area contributed by atoms with Crippen LogP contribution in [0.3, 0.4) is 0 Å². The Bertz CT molecular complexity index is 1100. The second kappa shape index (κ2) is 7.71. The number of rotatable bonds is 5. The average Bonchev–Trinajstić information content (AvgIpc) is 3.13. The third-order valence-corrected chi connectivity index (χ3v) is 4.77. The molecule has 0 fully saturated rings. The maximum absolute atomic E-state index is 11.1. The molecule has 4 rings (SSSR count). The van der Waals surface area contributed by atoms with Crippen LogP contribution in [0.25, 0.3) is 22.5 Å². The molecule has 28 heavy (non-hydrogen) atoms. The van der Waals surface area contributed by atoms with Crippen molar-refractivity contribution in [2.45, 2.75) is 6.54 Å². The molecule has 0 aliphatic rings. The van der Waals surface area contributed by atoms with E-state index in [9.17, 15) is 4.79 Å². The zero-order valence-corrected chi connectivity index (χ0v) is 15.7. The number of nitrogens with zero attached hydrogens (tertiary/aromatic N) is 2. The van der Waals surface area contributed by atoms with Crippen molar-refractivity contribution in [3.63, 3.8) is 0 Å². The Labute approximate surface area is 167 Å². The van der Waals surface area contributed by atoms with Crippen LogP contribution in [-0.2, 0) is 6.54 Å². The summed E-state index contributed by atoms with van der Waals surface area (Å²) < 4.78 is 1.96. The van der Waals surface area contributed by atoms with Gasteiger partial charge in [0.15, 0.2) is 0 Å². The van der Waals surface area contributed by atoms with Crippen LogP contribution in [0.2, 0.25) is 5.02 Å². The van der Waals surface area contributed by atoms with Crippen molar-refractivity contribution in [2.75, 3.05) is 0 Å². The van der Waals surface area contributed by atoms with Crippen molar-refractivity contribution in [3.8, 4) is 22.5 Å². The number of carbonyl (C=O) groups is 1. The fraction of sp³-hybridized carbons (Fsp3) is 0.0435. The first-order valence-corrected chi connectivity index (χ1v) is 9.19. The van der Waals surface area contributed by atoms with Crippen molar-refractivity contribution < 1.29 is 9.90 Å². The van der Waals surface area contributed by atoms with Crippen LogP contribution < -0.4 is 0 Å². The molecular weight excluding hydrogens is 372 g/mol. The van der Waals surface area contributed by atoms with E-state index in [-0.39, 0.29) is 5.56 Å². The van der Waals surface area contributed by atoms with Gasteiger partial charge in [0.2, 0.25) is 0 Å². The maximum atomic E-state index is 11.1. The summed E-state index contributed by atoms with van der Waals surface area (Å²) in [4.78, 5) is 11.1. The van der Waals surface area contributed by atoms with E-state index in [0.29, 0.717) is 11.6 Å². The molecule has 138 valence electrons. The van der Waals surface area contributed by atoms with E-state index in [2.05, 4.69) is 12.1 Å². The van der Waals surface area contributed by atoms with Crippen LogP contribution in [0.4, 0.5) is 0 Å². The standard InChI is InChI=1S/C23H17ClN2O2/c24-20-12-10-18(11-13-20)22-14-21(17-6-8-19(9-7-17)23(27)28)25-26(22)15-16-4-2-1-3-5-16/h1-14H,15H2,(H,27,28). The summed E-state index contributed by atoms with van der Waals surface area (Å²) in [5.41, 5.74) is 5.04. The summed E-state index contributed by atoms with van der Waals surface area (Å²) in [6.45, 7) is 0.631. The molecule has 4 nitrogen and oxygen atoms in total. The van der Waals surface area contributed by atoms with E-state index in [1.165, 1.54) is 0 Å². The van der Waals surface area contributed by atoms with Crippen LogP contribution in [0.15, 0.2) is 84.9 Å². The highest BCUT2D eigenvalue weighted by Crippen LogP contribution is 2.28. The Hall–Kier alpha value is -3.37. The molecule has 1 N–H and O–H groups in total. The van der Waals surface area contributed by atoms with Gasteiger partial charge < -0.3 is 5.11 Å². The Morgan fingerprint density at radius 2 is 1.54 bits per heavy atom. The van der Waals surface area contributed by atoms with Gasteiger partial charge in [0, 0.05) is 10.6 Å². The van der Waals surface area contributed by atoms with Crippen LogP contribution in [-0.4, -0.2) is 20.9 Å². The predicted octanol–water partition coefficient (Wildman–Crippen LogP) is 5.62. The molecule has 5 heteroatoms. The van der Waals surface area contributed by atoms with E-state index < -0.39 is 5.97 Å². The van der Waals surface area contributed by atoms with E-state index >= 15 is 0 Å². The number of aromatic nitrogens is 2. The molecule has 3 aromatic carbocycles. The van der Waals surface area contributed by atoms with Crippen molar-refractivity contribution in [2.24, 2.45) is 0 Å². The minimum absolute atomic E-state index is 0.255. The van der Waals surface area contributed by atoms with Gasteiger partial charge in [-0.3, -0.25) is 4.68 Å². The van der Waals surface area contributed by atoms with Crippen LogP contribution >= 0.6 is 11.6 Å². The first kappa shape index (κ1) is 18.0. The summed E-state index contributed by atoms with van der Waals surface area (Å²) in [7, 11) is 0. The first-order valence-electron chi connectivity index (χ1n) is 8.81.